The fraction of sp³-hybridized carbons (Fsp3) is 0.240. The van der Waals surface area contributed by atoms with Crippen LogP contribution in [-0.2, 0) is 6.42 Å². The van der Waals surface area contributed by atoms with Gasteiger partial charge in [-0.1, -0.05) is 78.1 Å². The predicted octanol–water partition coefficient (Wildman–Crippen LogP) is 5.75. The first-order valence-corrected chi connectivity index (χ1v) is 11.2. The topological polar surface area (TPSA) is 28.2 Å². The fourth-order valence-electron chi connectivity index (χ4n) is 4.31. The predicted molar refractivity (Wildman–Crippen MR) is 123 cm³/mol. The van der Waals surface area contributed by atoms with Crippen LogP contribution in [0.4, 0.5) is 5.13 Å². The number of benzene rings is 3. The van der Waals surface area contributed by atoms with E-state index in [-0.39, 0.29) is 0 Å². The molecule has 1 aromatic heterocycles. The summed E-state index contributed by atoms with van der Waals surface area (Å²) in [6, 6.07) is 28.5. The van der Waals surface area contributed by atoms with Gasteiger partial charge in [-0.3, -0.25) is 4.90 Å². The highest BCUT2D eigenvalue weighted by atomic mass is 32.1. The minimum atomic E-state index is 0.351. The van der Waals surface area contributed by atoms with E-state index in [9.17, 15) is 0 Å². The molecule has 0 bridgehead atoms. The lowest BCUT2D eigenvalue weighted by molar-refractivity contribution is 0.213. The third-order valence-corrected chi connectivity index (χ3v) is 6.68. The summed E-state index contributed by atoms with van der Waals surface area (Å²) in [7, 11) is 0. The van der Waals surface area contributed by atoms with Crippen molar-refractivity contribution in [1.29, 1.82) is 0 Å². The van der Waals surface area contributed by atoms with Gasteiger partial charge in [0.05, 0.1) is 16.3 Å². The van der Waals surface area contributed by atoms with E-state index in [2.05, 4.69) is 88.0 Å². The second kappa shape index (κ2) is 8.36. The number of fused-ring (bicyclic) bond motifs is 2. The van der Waals surface area contributed by atoms with Crippen LogP contribution in [0.3, 0.4) is 0 Å². The summed E-state index contributed by atoms with van der Waals surface area (Å²) in [5.41, 5.74) is 5.42. The van der Waals surface area contributed by atoms with Crippen LogP contribution in [0.25, 0.3) is 10.2 Å². The number of para-hydroxylation sites is 1. The van der Waals surface area contributed by atoms with Gasteiger partial charge in [-0.05, 0) is 41.7 Å². The average molecular weight is 400 g/mol. The van der Waals surface area contributed by atoms with Gasteiger partial charge in [0.2, 0.25) is 0 Å². The Morgan fingerprint density at radius 1 is 0.931 bits per heavy atom. The molecule has 1 aliphatic rings. The molecular weight excluding hydrogens is 374 g/mol. The summed E-state index contributed by atoms with van der Waals surface area (Å²) in [4.78, 5) is 7.32. The van der Waals surface area contributed by atoms with Crippen molar-refractivity contribution in [3.8, 4) is 0 Å². The molecule has 3 aromatic carbocycles. The van der Waals surface area contributed by atoms with Gasteiger partial charge in [-0.2, -0.15) is 0 Å². The minimum Gasteiger partial charge on any atom is -0.361 e. The Bertz CT molecular complexity index is 1060. The van der Waals surface area contributed by atoms with E-state index in [0.717, 1.165) is 43.1 Å². The number of hydrogen-bond acceptors (Lipinski definition) is 4. The lowest BCUT2D eigenvalue weighted by atomic mass is 9.88. The van der Waals surface area contributed by atoms with Crippen molar-refractivity contribution in [1.82, 2.24) is 9.88 Å². The van der Waals surface area contributed by atoms with Crippen LogP contribution >= 0.6 is 11.3 Å². The van der Waals surface area contributed by atoms with Crippen molar-refractivity contribution in [2.75, 3.05) is 25.0 Å². The maximum absolute atomic E-state index is 4.68. The molecule has 1 atom stereocenters. The zero-order chi connectivity index (χ0) is 19.5. The molecule has 4 aromatic rings. The molecule has 0 fully saturated rings. The van der Waals surface area contributed by atoms with Crippen LogP contribution in [0, 0.1) is 0 Å². The van der Waals surface area contributed by atoms with Crippen LogP contribution < -0.4 is 5.32 Å². The smallest absolute Gasteiger partial charge is 0.183 e. The van der Waals surface area contributed by atoms with Crippen molar-refractivity contribution < 1.29 is 0 Å². The van der Waals surface area contributed by atoms with Gasteiger partial charge >= 0.3 is 0 Å². The Morgan fingerprint density at radius 2 is 1.72 bits per heavy atom. The lowest BCUT2D eigenvalue weighted by Gasteiger charge is -2.37. The molecule has 1 aliphatic heterocycles. The summed E-state index contributed by atoms with van der Waals surface area (Å²) < 4.78 is 1.24. The Balaban J connectivity index is 1.27. The van der Waals surface area contributed by atoms with E-state index in [1.54, 1.807) is 11.3 Å². The highest BCUT2D eigenvalue weighted by Crippen LogP contribution is 2.35. The highest BCUT2D eigenvalue weighted by Gasteiger charge is 2.27. The van der Waals surface area contributed by atoms with E-state index in [4.69, 9.17) is 0 Å². The van der Waals surface area contributed by atoms with E-state index < -0.39 is 0 Å². The number of anilines is 1. The number of rotatable bonds is 6. The van der Waals surface area contributed by atoms with E-state index in [1.807, 2.05) is 6.07 Å². The van der Waals surface area contributed by atoms with Gasteiger partial charge in [0.25, 0.3) is 0 Å². The second-order valence-corrected chi connectivity index (χ2v) is 8.60. The minimum absolute atomic E-state index is 0.351. The first-order valence-electron chi connectivity index (χ1n) is 10.3. The number of thiazole rings is 1. The third-order valence-electron chi connectivity index (χ3n) is 5.69. The van der Waals surface area contributed by atoms with Crippen molar-refractivity contribution in [3.05, 3.63) is 95.6 Å². The molecule has 5 rings (SSSR count). The first kappa shape index (κ1) is 18.3. The zero-order valence-corrected chi connectivity index (χ0v) is 17.2. The fourth-order valence-corrected chi connectivity index (χ4v) is 5.20. The number of hydrogen-bond donors (Lipinski definition) is 1. The highest BCUT2D eigenvalue weighted by molar-refractivity contribution is 7.22. The number of aromatic nitrogens is 1. The Kier molecular flexibility index (Phi) is 5.29. The van der Waals surface area contributed by atoms with Gasteiger partial charge in [-0.25, -0.2) is 4.98 Å². The summed E-state index contributed by atoms with van der Waals surface area (Å²) >= 11 is 1.74. The molecular formula is C25H25N3S. The zero-order valence-electron chi connectivity index (χ0n) is 16.4. The van der Waals surface area contributed by atoms with Crippen LogP contribution in [-0.4, -0.2) is 29.5 Å². The van der Waals surface area contributed by atoms with Crippen LogP contribution in [0.5, 0.6) is 0 Å². The van der Waals surface area contributed by atoms with Crippen LogP contribution in [0.15, 0.2) is 78.9 Å². The van der Waals surface area contributed by atoms with Gasteiger partial charge in [0, 0.05) is 19.6 Å². The molecule has 0 aliphatic carbocycles. The molecule has 0 saturated carbocycles. The largest absolute Gasteiger partial charge is 0.361 e. The Hall–Kier alpha value is -2.69. The monoisotopic (exact) mass is 399 g/mol. The Labute approximate surface area is 176 Å². The molecule has 1 N–H and O–H groups in total. The second-order valence-electron chi connectivity index (χ2n) is 7.57. The summed E-state index contributed by atoms with van der Waals surface area (Å²) in [5, 5.41) is 4.55. The van der Waals surface area contributed by atoms with Crippen molar-refractivity contribution >= 4 is 26.7 Å². The third kappa shape index (κ3) is 3.91. The molecule has 146 valence electrons. The molecule has 29 heavy (non-hydrogen) atoms. The maximum atomic E-state index is 4.68. The van der Waals surface area contributed by atoms with Gasteiger partial charge in [-0.15, -0.1) is 0 Å². The SMILES string of the molecule is c1ccc(C2c3ccccc3CCN2CCCNc2nc3ccccc3s2)cc1. The van der Waals surface area contributed by atoms with Crippen molar-refractivity contribution in [3.63, 3.8) is 0 Å². The molecule has 1 unspecified atom stereocenters. The molecule has 3 nitrogen and oxygen atoms in total. The first-order chi connectivity index (χ1) is 14.4. The number of nitrogens with zero attached hydrogens (tertiary/aromatic N) is 2. The number of nitrogens with one attached hydrogen (secondary N) is 1. The summed E-state index contributed by atoms with van der Waals surface area (Å²) in [5.74, 6) is 0. The van der Waals surface area contributed by atoms with Gasteiger partial charge < -0.3 is 5.32 Å². The molecule has 0 saturated heterocycles. The molecule has 2 heterocycles. The lowest BCUT2D eigenvalue weighted by Crippen LogP contribution is -2.37. The standard InChI is InChI=1S/C25H25N3S/c1-2-10-20(11-3-1)24-21-12-5-4-9-19(21)15-18-28(24)17-8-16-26-25-27-22-13-6-7-14-23(22)29-25/h1-7,9-14,24H,8,15-18H2,(H,26,27). The van der Waals surface area contributed by atoms with Gasteiger partial charge in [0.1, 0.15) is 0 Å². The van der Waals surface area contributed by atoms with Crippen molar-refractivity contribution in [2.45, 2.75) is 18.9 Å². The molecule has 4 heteroatoms. The van der Waals surface area contributed by atoms with E-state index in [0.29, 0.717) is 6.04 Å². The van der Waals surface area contributed by atoms with E-state index in [1.165, 1.54) is 21.4 Å². The van der Waals surface area contributed by atoms with Crippen molar-refractivity contribution in [2.24, 2.45) is 0 Å². The molecule has 0 radical (unpaired) electrons. The van der Waals surface area contributed by atoms with Gasteiger partial charge in [0.15, 0.2) is 5.13 Å². The summed E-state index contributed by atoms with van der Waals surface area (Å²) in [6.45, 7) is 3.13. The molecule has 0 spiro atoms. The van der Waals surface area contributed by atoms with Crippen LogP contribution in [0.2, 0.25) is 0 Å². The quantitative estimate of drug-likeness (QED) is 0.419. The normalized spacial score (nSPS) is 16.6. The molecule has 0 amide bonds. The Morgan fingerprint density at radius 3 is 2.62 bits per heavy atom. The van der Waals surface area contributed by atoms with Crippen LogP contribution in [0.1, 0.15) is 29.2 Å². The van der Waals surface area contributed by atoms with E-state index >= 15 is 0 Å². The maximum Gasteiger partial charge on any atom is 0.183 e. The average Bonchev–Trinajstić information content (AvgIpc) is 3.20. The summed E-state index contributed by atoms with van der Waals surface area (Å²) in [6.07, 6.45) is 2.23.